The monoisotopic (exact) mass is 410 g/mol. The largest absolute Gasteiger partial charge is 0.477 e. The van der Waals surface area contributed by atoms with Gasteiger partial charge in [0.1, 0.15) is 23.0 Å². The third kappa shape index (κ3) is 2.88. The molecule has 1 spiro atoms. The number of halogens is 1. The van der Waals surface area contributed by atoms with Gasteiger partial charge in [0.15, 0.2) is 0 Å². The maximum atomic E-state index is 15.3. The summed E-state index contributed by atoms with van der Waals surface area (Å²) in [6.45, 7) is 2.19. The summed E-state index contributed by atoms with van der Waals surface area (Å²) in [7, 11) is 0. The second-order valence-corrected chi connectivity index (χ2v) is 8.74. The van der Waals surface area contributed by atoms with Crippen LogP contribution in [0.4, 0.5) is 10.1 Å². The van der Waals surface area contributed by atoms with E-state index in [1.54, 1.807) is 4.57 Å². The maximum Gasteiger partial charge on any atom is 0.341 e. The number of hydrogen-bond donors (Lipinski definition) is 2. The van der Waals surface area contributed by atoms with Crippen molar-refractivity contribution in [3.05, 3.63) is 39.4 Å². The third-order valence-electron chi connectivity index (χ3n) is 6.78. The molecule has 2 N–H and O–H groups in total. The molecule has 1 aromatic carbocycles. The Morgan fingerprint density at radius 3 is 2.77 bits per heavy atom. The van der Waals surface area contributed by atoms with Gasteiger partial charge in [-0.1, -0.05) is 6.42 Å². The summed E-state index contributed by atoms with van der Waals surface area (Å²) in [5.74, 6) is -1.99. The van der Waals surface area contributed by atoms with E-state index in [0.717, 1.165) is 51.1 Å². The molecule has 1 aliphatic carbocycles. The molecule has 5 rings (SSSR count). The van der Waals surface area contributed by atoms with Gasteiger partial charge in [0.25, 0.3) is 0 Å². The number of piperidine rings is 1. The number of fused-ring (bicyclic) bond motifs is 1. The molecule has 2 saturated heterocycles. The van der Waals surface area contributed by atoms with E-state index < -0.39 is 22.8 Å². The molecule has 2 aromatic rings. The number of rotatable bonds is 3. The lowest BCUT2D eigenvalue weighted by atomic mass is 9.88. The number of carboxylic acid groups (broad SMARTS) is 1. The molecule has 30 heavy (non-hydrogen) atoms. The highest BCUT2D eigenvalue weighted by Gasteiger charge is 2.41. The summed E-state index contributed by atoms with van der Waals surface area (Å²) in [6, 6.07) is 3.29. The molecule has 3 fully saturated rings. The second kappa shape index (κ2) is 6.81. The van der Waals surface area contributed by atoms with Gasteiger partial charge in [-0.05, 0) is 44.7 Å². The van der Waals surface area contributed by atoms with E-state index in [1.165, 1.54) is 6.20 Å². The number of benzene rings is 1. The van der Waals surface area contributed by atoms with Crippen molar-refractivity contribution in [1.29, 1.82) is 5.26 Å². The molecule has 0 amide bonds. The molecule has 1 saturated carbocycles. The molecular weight excluding hydrogens is 387 g/mol. The van der Waals surface area contributed by atoms with Crippen LogP contribution in [0.3, 0.4) is 0 Å². The zero-order valence-electron chi connectivity index (χ0n) is 16.6. The van der Waals surface area contributed by atoms with Crippen LogP contribution >= 0.6 is 0 Å². The van der Waals surface area contributed by atoms with Crippen LogP contribution in [0.25, 0.3) is 10.9 Å². The number of carboxylic acids is 1. The molecule has 0 radical (unpaired) electrons. The molecule has 0 bridgehead atoms. The Bertz CT molecular complexity index is 1160. The highest BCUT2D eigenvalue weighted by atomic mass is 19.1. The Morgan fingerprint density at radius 2 is 2.13 bits per heavy atom. The van der Waals surface area contributed by atoms with Crippen molar-refractivity contribution in [2.45, 2.75) is 50.1 Å². The average molecular weight is 410 g/mol. The Balaban J connectivity index is 1.71. The van der Waals surface area contributed by atoms with Gasteiger partial charge in [-0.25, -0.2) is 9.18 Å². The Kier molecular flexibility index (Phi) is 4.33. The maximum absolute atomic E-state index is 15.3. The summed E-state index contributed by atoms with van der Waals surface area (Å²) >= 11 is 0. The van der Waals surface area contributed by atoms with Crippen molar-refractivity contribution in [2.75, 3.05) is 24.5 Å². The summed E-state index contributed by atoms with van der Waals surface area (Å²) in [5, 5.41) is 23.0. The predicted molar refractivity (Wildman–Crippen MR) is 110 cm³/mol. The number of aromatic nitrogens is 1. The fourth-order valence-electron chi connectivity index (χ4n) is 5.13. The van der Waals surface area contributed by atoms with Crippen LogP contribution < -0.4 is 15.6 Å². The van der Waals surface area contributed by atoms with Crippen LogP contribution in [0.5, 0.6) is 0 Å². The average Bonchev–Trinajstić information content (AvgIpc) is 3.50. The summed E-state index contributed by atoms with van der Waals surface area (Å²) in [6.07, 6.45) is 7.16. The molecule has 2 aliphatic heterocycles. The molecule has 3 aliphatic rings. The number of aromatic carboxylic acids is 1. The summed E-state index contributed by atoms with van der Waals surface area (Å²) < 4.78 is 17.0. The van der Waals surface area contributed by atoms with Crippen LogP contribution in [0.2, 0.25) is 0 Å². The van der Waals surface area contributed by atoms with E-state index in [9.17, 15) is 20.0 Å². The first-order valence-electron chi connectivity index (χ1n) is 10.5. The zero-order chi connectivity index (χ0) is 21.0. The van der Waals surface area contributed by atoms with Crippen molar-refractivity contribution >= 4 is 22.6 Å². The number of nitriles is 1. The molecule has 1 atom stereocenters. The number of nitrogens with zero attached hydrogens (tertiary/aromatic N) is 3. The lowest BCUT2D eigenvalue weighted by Crippen LogP contribution is -2.50. The molecular formula is C22H23FN4O3. The van der Waals surface area contributed by atoms with Gasteiger partial charge in [0.2, 0.25) is 5.43 Å². The molecule has 8 heteroatoms. The van der Waals surface area contributed by atoms with E-state index in [2.05, 4.69) is 11.4 Å². The van der Waals surface area contributed by atoms with E-state index in [1.807, 2.05) is 4.90 Å². The molecule has 1 aromatic heterocycles. The van der Waals surface area contributed by atoms with Crippen molar-refractivity contribution < 1.29 is 14.3 Å². The fourth-order valence-corrected chi connectivity index (χ4v) is 5.13. The predicted octanol–water partition coefficient (Wildman–Crippen LogP) is 2.77. The summed E-state index contributed by atoms with van der Waals surface area (Å²) in [4.78, 5) is 26.2. The van der Waals surface area contributed by atoms with Crippen LogP contribution in [0.1, 0.15) is 60.5 Å². The van der Waals surface area contributed by atoms with Crippen molar-refractivity contribution in [1.82, 2.24) is 9.88 Å². The van der Waals surface area contributed by atoms with Crippen molar-refractivity contribution in [2.24, 2.45) is 0 Å². The van der Waals surface area contributed by atoms with Crippen LogP contribution in [0, 0.1) is 17.1 Å². The minimum Gasteiger partial charge on any atom is -0.477 e. The minimum absolute atomic E-state index is 0.0292. The molecule has 156 valence electrons. The van der Waals surface area contributed by atoms with E-state index in [4.69, 9.17) is 0 Å². The normalized spacial score (nSPS) is 23.8. The highest BCUT2D eigenvalue weighted by Crippen LogP contribution is 2.41. The first-order chi connectivity index (χ1) is 14.4. The van der Waals surface area contributed by atoms with Gasteiger partial charge in [-0.2, -0.15) is 5.26 Å². The number of hydrogen-bond acceptors (Lipinski definition) is 5. The number of nitrogens with one attached hydrogen (secondary N) is 1. The van der Waals surface area contributed by atoms with Gasteiger partial charge in [0, 0.05) is 30.9 Å². The van der Waals surface area contributed by atoms with Crippen molar-refractivity contribution in [3.8, 4) is 6.07 Å². The van der Waals surface area contributed by atoms with Crippen LogP contribution in [-0.2, 0) is 0 Å². The SMILES string of the molecule is N#Cc1c(N2CCC3(CCCCN3)C2)c(F)cc2c(=O)c(C(=O)O)cn(C3CC3)c12. The molecule has 1 unspecified atom stereocenters. The van der Waals surface area contributed by atoms with Gasteiger partial charge >= 0.3 is 5.97 Å². The fraction of sp³-hybridized carbons (Fsp3) is 0.500. The van der Waals surface area contributed by atoms with E-state index in [-0.39, 0.29) is 28.2 Å². The number of anilines is 1. The quantitative estimate of drug-likeness (QED) is 0.807. The Hall–Kier alpha value is -2.92. The first-order valence-corrected chi connectivity index (χ1v) is 10.5. The van der Waals surface area contributed by atoms with Gasteiger partial charge in [-0.15, -0.1) is 0 Å². The topological polar surface area (TPSA) is 98.4 Å². The number of carbonyl (C=O) groups is 1. The van der Waals surface area contributed by atoms with Crippen molar-refractivity contribution in [3.63, 3.8) is 0 Å². The Labute approximate surface area is 172 Å². The lowest BCUT2D eigenvalue weighted by molar-refractivity contribution is 0.0695. The first kappa shape index (κ1) is 19.1. The third-order valence-corrected chi connectivity index (χ3v) is 6.78. The smallest absolute Gasteiger partial charge is 0.341 e. The molecule has 7 nitrogen and oxygen atoms in total. The van der Waals surface area contributed by atoms with E-state index >= 15 is 4.39 Å². The van der Waals surface area contributed by atoms with Gasteiger partial charge in [-0.3, -0.25) is 4.79 Å². The van der Waals surface area contributed by atoms with Gasteiger partial charge in [0.05, 0.1) is 16.6 Å². The minimum atomic E-state index is -1.34. The Morgan fingerprint density at radius 1 is 1.33 bits per heavy atom. The summed E-state index contributed by atoms with van der Waals surface area (Å²) in [5.41, 5.74) is -0.496. The van der Waals surface area contributed by atoms with Crippen LogP contribution in [-0.4, -0.2) is 40.8 Å². The lowest BCUT2D eigenvalue weighted by Gasteiger charge is -2.35. The second-order valence-electron chi connectivity index (χ2n) is 8.74. The van der Waals surface area contributed by atoms with Crippen LogP contribution in [0.15, 0.2) is 17.1 Å². The highest BCUT2D eigenvalue weighted by molar-refractivity contribution is 5.96. The number of pyridine rings is 1. The van der Waals surface area contributed by atoms with E-state index in [0.29, 0.717) is 18.6 Å². The zero-order valence-corrected chi connectivity index (χ0v) is 16.6. The standard InChI is InChI=1S/C22H23FN4O3/c23-17-9-14-18(27(13-3-4-13)11-16(20(14)28)21(29)30)15(10-24)19(17)26-8-6-22(12-26)5-1-2-7-25-22/h9,11,13,25H,1-8,12H2,(H,29,30). The molecule has 3 heterocycles. The van der Waals surface area contributed by atoms with Gasteiger partial charge < -0.3 is 19.9 Å².